The highest BCUT2D eigenvalue weighted by atomic mass is 19.4. The molecule has 0 aromatic heterocycles. The van der Waals surface area contributed by atoms with E-state index >= 15 is 0 Å². The van der Waals surface area contributed by atoms with Crippen LogP contribution in [0.2, 0.25) is 0 Å². The molecular weight excluding hydrogens is 338 g/mol. The summed E-state index contributed by atoms with van der Waals surface area (Å²) in [6.07, 6.45) is -4.87. The molecule has 0 atom stereocenters. The Balaban J connectivity index is 2.41. The summed E-state index contributed by atoms with van der Waals surface area (Å²) >= 11 is 0. The highest BCUT2D eigenvalue weighted by molar-refractivity contribution is 6.62. The van der Waals surface area contributed by atoms with Gasteiger partial charge in [0.05, 0.1) is 11.2 Å². The van der Waals surface area contributed by atoms with E-state index in [4.69, 9.17) is 9.31 Å². The second-order valence-corrected chi connectivity index (χ2v) is 6.79. The van der Waals surface area contributed by atoms with Crippen LogP contribution >= 0.6 is 0 Å². The van der Waals surface area contributed by atoms with Gasteiger partial charge in [-0.3, -0.25) is 4.79 Å². The van der Waals surface area contributed by atoms with Gasteiger partial charge < -0.3 is 19.4 Å². The second kappa shape index (κ2) is 6.53. The molecular formula is C16H21BF3NO4. The Bertz CT molecular complexity index is 645. The van der Waals surface area contributed by atoms with E-state index in [1.165, 1.54) is 12.1 Å². The third kappa shape index (κ3) is 4.46. The predicted octanol–water partition coefficient (Wildman–Crippen LogP) is 2.63. The van der Waals surface area contributed by atoms with Crippen molar-refractivity contribution < 1.29 is 32.0 Å². The minimum atomic E-state index is -4.87. The number of carbonyl (C=O) groups is 1. The molecule has 0 unspecified atom stereocenters. The molecule has 0 saturated carbocycles. The molecule has 1 aromatic carbocycles. The molecule has 1 N–H and O–H groups in total. The molecule has 2 rings (SSSR count). The lowest BCUT2D eigenvalue weighted by Crippen LogP contribution is -2.41. The molecule has 9 heteroatoms. The van der Waals surface area contributed by atoms with Crippen molar-refractivity contribution >= 4 is 18.5 Å². The van der Waals surface area contributed by atoms with Crippen molar-refractivity contribution in [3.63, 3.8) is 0 Å². The van der Waals surface area contributed by atoms with Gasteiger partial charge >= 0.3 is 13.5 Å². The van der Waals surface area contributed by atoms with E-state index < -0.39 is 36.3 Å². The van der Waals surface area contributed by atoms with E-state index in [2.05, 4.69) is 10.1 Å². The first-order valence-corrected chi connectivity index (χ1v) is 7.89. The van der Waals surface area contributed by atoms with E-state index in [1.54, 1.807) is 6.92 Å². The quantitative estimate of drug-likeness (QED) is 0.840. The summed E-state index contributed by atoms with van der Waals surface area (Å²) in [5.41, 5.74) is -1.01. The summed E-state index contributed by atoms with van der Waals surface area (Å²) in [5, 5.41) is 2.54. The molecule has 1 aliphatic heterocycles. The summed E-state index contributed by atoms with van der Waals surface area (Å²) in [6, 6.07) is 3.64. The van der Waals surface area contributed by atoms with Gasteiger partial charge in [0.15, 0.2) is 0 Å². The number of amides is 1. The topological polar surface area (TPSA) is 56.8 Å². The van der Waals surface area contributed by atoms with Crippen molar-refractivity contribution in [3.05, 3.63) is 23.8 Å². The zero-order chi connectivity index (χ0) is 19.0. The molecule has 5 nitrogen and oxygen atoms in total. The summed E-state index contributed by atoms with van der Waals surface area (Å²) in [4.78, 5) is 12.1. The van der Waals surface area contributed by atoms with Gasteiger partial charge in [-0.25, -0.2) is 0 Å². The van der Waals surface area contributed by atoms with Gasteiger partial charge in [0.2, 0.25) is 0 Å². The van der Waals surface area contributed by atoms with Crippen LogP contribution in [0.15, 0.2) is 18.2 Å². The van der Waals surface area contributed by atoms with Crippen molar-refractivity contribution in [2.45, 2.75) is 52.2 Å². The van der Waals surface area contributed by atoms with Crippen molar-refractivity contribution in [3.8, 4) is 5.75 Å². The van der Waals surface area contributed by atoms with Crippen LogP contribution in [0.4, 0.5) is 13.2 Å². The Morgan fingerprint density at radius 1 is 1.16 bits per heavy atom. The summed E-state index contributed by atoms with van der Waals surface area (Å²) in [5.74, 6) is -1.01. The van der Waals surface area contributed by atoms with Crippen LogP contribution in [0.1, 0.15) is 45.0 Å². The number of ether oxygens (including phenoxy) is 1. The molecule has 1 aliphatic rings. The van der Waals surface area contributed by atoms with Crippen molar-refractivity contribution in [1.82, 2.24) is 5.32 Å². The lowest BCUT2D eigenvalue weighted by molar-refractivity contribution is -0.274. The highest BCUT2D eigenvalue weighted by Gasteiger charge is 2.52. The third-order valence-corrected chi connectivity index (χ3v) is 4.29. The van der Waals surface area contributed by atoms with Gasteiger partial charge in [-0.05, 0) is 58.3 Å². The Labute approximate surface area is 145 Å². The molecule has 138 valence electrons. The van der Waals surface area contributed by atoms with Crippen LogP contribution in [0.5, 0.6) is 5.75 Å². The Kier molecular flexibility index (Phi) is 5.12. The Hall–Kier alpha value is -1.74. The number of hydrogen-bond acceptors (Lipinski definition) is 4. The van der Waals surface area contributed by atoms with Gasteiger partial charge in [0.25, 0.3) is 5.91 Å². The number of carbonyl (C=O) groups excluding carboxylic acids is 1. The van der Waals surface area contributed by atoms with Crippen LogP contribution in [0, 0.1) is 0 Å². The summed E-state index contributed by atoms with van der Waals surface area (Å²) < 4.78 is 53.4. The minimum absolute atomic E-state index is 0.0355. The standard InChI is InChI=1S/C16H21BF3NO4/c1-6-21-13(22)10-7-11(9-12(8-10)23-16(18,19)20)17-24-14(2,3)15(4,5)25-17/h7-9H,6H2,1-5H3,(H,21,22). The van der Waals surface area contributed by atoms with Crippen molar-refractivity contribution in [2.75, 3.05) is 6.54 Å². The number of nitrogens with one attached hydrogen (secondary N) is 1. The normalized spacial score (nSPS) is 19.0. The summed E-state index contributed by atoms with van der Waals surface area (Å²) in [7, 11) is -0.907. The lowest BCUT2D eigenvalue weighted by atomic mass is 9.78. The van der Waals surface area contributed by atoms with Gasteiger partial charge in [0.1, 0.15) is 5.75 Å². The number of benzene rings is 1. The maximum absolute atomic E-state index is 12.6. The SMILES string of the molecule is CCNC(=O)c1cc(OC(F)(F)F)cc(B2OC(C)(C)C(C)(C)O2)c1. The maximum Gasteiger partial charge on any atom is 0.573 e. The van der Waals surface area contributed by atoms with Gasteiger partial charge in [-0.15, -0.1) is 13.2 Å². The Morgan fingerprint density at radius 3 is 2.20 bits per heavy atom. The van der Waals surface area contributed by atoms with Crippen LogP contribution in [0.3, 0.4) is 0 Å². The van der Waals surface area contributed by atoms with E-state index in [0.29, 0.717) is 6.54 Å². The first-order valence-electron chi connectivity index (χ1n) is 7.89. The van der Waals surface area contributed by atoms with Crippen LogP contribution < -0.4 is 15.5 Å². The molecule has 25 heavy (non-hydrogen) atoms. The number of rotatable bonds is 4. The molecule has 1 saturated heterocycles. The predicted molar refractivity (Wildman–Crippen MR) is 86.8 cm³/mol. The minimum Gasteiger partial charge on any atom is -0.406 e. The van der Waals surface area contributed by atoms with Gasteiger partial charge in [-0.2, -0.15) is 0 Å². The second-order valence-electron chi connectivity index (χ2n) is 6.79. The molecule has 0 radical (unpaired) electrons. The van der Waals surface area contributed by atoms with Crippen molar-refractivity contribution in [2.24, 2.45) is 0 Å². The summed E-state index contributed by atoms with van der Waals surface area (Å²) in [6.45, 7) is 9.36. The van der Waals surface area contributed by atoms with E-state index in [9.17, 15) is 18.0 Å². The van der Waals surface area contributed by atoms with Crippen LogP contribution in [0.25, 0.3) is 0 Å². The molecule has 0 bridgehead atoms. The van der Waals surface area contributed by atoms with E-state index in [-0.39, 0.29) is 11.0 Å². The first-order chi connectivity index (χ1) is 11.3. The van der Waals surface area contributed by atoms with E-state index in [1.807, 2.05) is 27.7 Å². The number of alkyl halides is 3. The maximum atomic E-state index is 12.6. The van der Waals surface area contributed by atoms with E-state index in [0.717, 1.165) is 6.07 Å². The molecule has 1 fully saturated rings. The largest absolute Gasteiger partial charge is 0.573 e. The molecule has 0 spiro atoms. The number of halogens is 3. The third-order valence-electron chi connectivity index (χ3n) is 4.29. The smallest absolute Gasteiger partial charge is 0.406 e. The molecule has 1 aromatic rings. The zero-order valence-electron chi connectivity index (χ0n) is 14.8. The lowest BCUT2D eigenvalue weighted by Gasteiger charge is -2.32. The average Bonchev–Trinajstić information content (AvgIpc) is 2.65. The average molecular weight is 359 g/mol. The first kappa shape index (κ1) is 19.6. The fraction of sp³-hybridized carbons (Fsp3) is 0.562. The zero-order valence-corrected chi connectivity index (χ0v) is 14.8. The molecule has 1 amide bonds. The molecule has 0 aliphatic carbocycles. The van der Waals surface area contributed by atoms with Crippen molar-refractivity contribution in [1.29, 1.82) is 0 Å². The fourth-order valence-corrected chi connectivity index (χ4v) is 2.32. The monoisotopic (exact) mass is 359 g/mol. The van der Waals surface area contributed by atoms with Crippen LogP contribution in [-0.4, -0.2) is 37.1 Å². The van der Waals surface area contributed by atoms with Gasteiger partial charge in [0, 0.05) is 12.1 Å². The number of hydrogen-bond donors (Lipinski definition) is 1. The Morgan fingerprint density at radius 2 is 1.72 bits per heavy atom. The van der Waals surface area contributed by atoms with Crippen LogP contribution in [-0.2, 0) is 9.31 Å². The fourth-order valence-electron chi connectivity index (χ4n) is 2.32. The molecule has 1 heterocycles. The van der Waals surface area contributed by atoms with Gasteiger partial charge in [-0.1, -0.05) is 0 Å². The highest BCUT2D eigenvalue weighted by Crippen LogP contribution is 2.37.